The van der Waals surface area contributed by atoms with Crippen molar-refractivity contribution in [3.8, 4) is 23.2 Å². The van der Waals surface area contributed by atoms with Crippen molar-refractivity contribution in [1.29, 1.82) is 0 Å². The second kappa shape index (κ2) is 6.85. The molecule has 0 saturated carbocycles. The van der Waals surface area contributed by atoms with Crippen LogP contribution in [0.15, 0.2) is 97.1 Å². The maximum atomic E-state index is 10.1. The number of ether oxygens (including phenoxy) is 1. The van der Waals surface area contributed by atoms with Crippen molar-refractivity contribution in [2.75, 3.05) is 0 Å². The summed E-state index contributed by atoms with van der Waals surface area (Å²) in [7, 11) is 0. The summed E-state index contributed by atoms with van der Waals surface area (Å²) in [6.45, 7) is 0. The summed E-state index contributed by atoms with van der Waals surface area (Å²) in [5, 5.41) is 12.9. The fraction of sp³-hybridized carbons (Fsp3) is 0. The SMILES string of the molecule is [2H]c1cnc(-n2c3ccccc3c3ccc(Oc4ccc5cccc(O)c5n4)cc32)c([2H])c1[2H]. The van der Waals surface area contributed by atoms with Gasteiger partial charge in [0.2, 0.25) is 5.88 Å². The average Bonchev–Trinajstić information content (AvgIpc) is 3.17. The Balaban J connectivity index is 1.54. The monoisotopic (exact) mass is 406 g/mol. The van der Waals surface area contributed by atoms with Gasteiger partial charge >= 0.3 is 0 Å². The maximum absolute atomic E-state index is 10.1. The van der Waals surface area contributed by atoms with Crippen LogP contribution in [0.5, 0.6) is 17.4 Å². The Bertz CT molecular complexity index is 1750. The summed E-state index contributed by atoms with van der Waals surface area (Å²) in [4.78, 5) is 8.77. The molecule has 0 saturated heterocycles. The molecule has 0 bridgehead atoms. The first-order valence-corrected chi connectivity index (χ1v) is 9.74. The third-order valence-electron chi connectivity index (χ3n) is 5.25. The number of para-hydroxylation sites is 2. The molecule has 5 nitrogen and oxygen atoms in total. The molecule has 6 rings (SSSR count). The summed E-state index contributed by atoms with van der Waals surface area (Å²) in [5.41, 5.74) is 2.04. The van der Waals surface area contributed by atoms with Crippen molar-refractivity contribution in [1.82, 2.24) is 14.5 Å². The second-order valence-corrected chi connectivity index (χ2v) is 7.11. The molecule has 0 fully saturated rings. The van der Waals surface area contributed by atoms with Gasteiger partial charge in [0.1, 0.15) is 22.8 Å². The number of phenolic OH excluding ortho intramolecular Hbond substituents is 1. The zero-order chi connectivity index (χ0) is 23.4. The van der Waals surface area contributed by atoms with Crippen LogP contribution in [0.1, 0.15) is 4.11 Å². The van der Waals surface area contributed by atoms with E-state index in [0.717, 1.165) is 27.2 Å². The summed E-state index contributed by atoms with van der Waals surface area (Å²) in [5.74, 6) is 1.21. The van der Waals surface area contributed by atoms with Gasteiger partial charge < -0.3 is 9.84 Å². The summed E-state index contributed by atoms with van der Waals surface area (Å²) >= 11 is 0. The van der Waals surface area contributed by atoms with Gasteiger partial charge in [0.15, 0.2) is 0 Å². The standard InChI is InChI=1S/C26H17N3O2/c30-23-9-5-6-17-11-14-25(28-26(17)23)31-18-12-13-20-19-7-1-2-8-21(19)29(22(20)16-18)24-10-3-4-15-27-24/h1-16,30H/i3D,4D,10D. The van der Waals surface area contributed by atoms with Crippen LogP contribution in [0, 0.1) is 0 Å². The van der Waals surface area contributed by atoms with E-state index in [1.807, 2.05) is 59.2 Å². The van der Waals surface area contributed by atoms with Gasteiger partial charge in [-0.25, -0.2) is 9.97 Å². The molecule has 0 aliphatic carbocycles. The van der Waals surface area contributed by atoms with Crippen LogP contribution in [0.2, 0.25) is 0 Å². The molecular formula is C26H17N3O2. The third-order valence-corrected chi connectivity index (χ3v) is 5.25. The fourth-order valence-corrected chi connectivity index (χ4v) is 3.90. The third kappa shape index (κ3) is 2.87. The molecule has 6 aromatic rings. The zero-order valence-electron chi connectivity index (χ0n) is 19.2. The Labute approximate surface area is 182 Å². The Morgan fingerprint density at radius 2 is 1.77 bits per heavy atom. The van der Waals surface area contributed by atoms with Gasteiger partial charge in [0, 0.05) is 34.5 Å². The van der Waals surface area contributed by atoms with Crippen LogP contribution >= 0.6 is 0 Å². The van der Waals surface area contributed by atoms with E-state index in [4.69, 9.17) is 8.85 Å². The van der Waals surface area contributed by atoms with Gasteiger partial charge in [0.25, 0.3) is 0 Å². The van der Waals surface area contributed by atoms with Crippen LogP contribution < -0.4 is 4.74 Å². The molecule has 0 aliphatic heterocycles. The van der Waals surface area contributed by atoms with E-state index < -0.39 is 0 Å². The van der Waals surface area contributed by atoms with Crippen LogP contribution in [-0.2, 0) is 0 Å². The molecule has 0 amide bonds. The van der Waals surface area contributed by atoms with E-state index in [0.29, 0.717) is 17.1 Å². The molecule has 0 radical (unpaired) electrons. The Morgan fingerprint density at radius 3 is 2.74 bits per heavy atom. The molecule has 1 N–H and O–H groups in total. The minimum absolute atomic E-state index is 0.0802. The smallest absolute Gasteiger partial charge is 0.219 e. The van der Waals surface area contributed by atoms with Crippen molar-refractivity contribution >= 4 is 32.7 Å². The van der Waals surface area contributed by atoms with Gasteiger partial charge in [0.05, 0.1) is 15.1 Å². The number of phenols is 1. The lowest BCUT2D eigenvalue weighted by atomic mass is 10.1. The van der Waals surface area contributed by atoms with E-state index in [1.54, 1.807) is 18.2 Å². The second-order valence-electron chi connectivity index (χ2n) is 7.11. The highest BCUT2D eigenvalue weighted by molar-refractivity contribution is 6.09. The first-order chi connectivity index (χ1) is 16.5. The molecule has 5 heteroatoms. The van der Waals surface area contributed by atoms with Gasteiger partial charge in [-0.2, -0.15) is 0 Å². The van der Waals surface area contributed by atoms with Crippen molar-refractivity contribution in [2.45, 2.75) is 0 Å². The van der Waals surface area contributed by atoms with Crippen molar-refractivity contribution < 1.29 is 14.0 Å². The number of hydrogen-bond acceptors (Lipinski definition) is 4. The molecule has 3 aromatic carbocycles. The minimum atomic E-state index is -0.177. The summed E-state index contributed by atoms with van der Waals surface area (Å²) in [6.07, 6.45) is 1.29. The van der Waals surface area contributed by atoms with Gasteiger partial charge in [-0.3, -0.25) is 4.57 Å². The maximum Gasteiger partial charge on any atom is 0.219 e. The molecule has 31 heavy (non-hydrogen) atoms. The minimum Gasteiger partial charge on any atom is -0.506 e. The van der Waals surface area contributed by atoms with E-state index in [-0.39, 0.29) is 29.7 Å². The number of nitrogens with zero attached hydrogens (tertiary/aromatic N) is 3. The topological polar surface area (TPSA) is 60.2 Å². The molecule has 0 aliphatic rings. The van der Waals surface area contributed by atoms with E-state index in [1.165, 1.54) is 6.20 Å². The van der Waals surface area contributed by atoms with Crippen LogP contribution in [0.3, 0.4) is 0 Å². The highest BCUT2D eigenvalue weighted by atomic mass is 16.5. The van der Waals surface area contributed by atoms with E-state index in [2.05, 4.69) is 9.97 Å². The van der Waals surface area contributed by atoms with Crippen LogP contribution in [-0.4, -0.2) is 19.6 Å². The van der Waals surface area contributed by atoms with Gasteiger partial charge in [-0.15, -0.1) is 0 Å². The number of aromatic nitrogens is 3. The number of aromatic hydroxyl groups is 1. The van der Waals surface area contributed by atoms with Crippen molar-refractivity contribution in [3.05, 3.63) is 97.1 Å². The van der Waals surface area contributed by atoms with E-state index >= 15 is 0 Å². The number of pyridine rings is 2. The lowest BCUT2D eigenvalue weighted by Crippen LogP contribution is -1.96. The molecular weight excluding hydrogens is 386 g/mol. The Kier molecular flexibility index (Phi) is 3.22. The largest absolute Gasteiger partial charge is 0.506 e. The number of hydrogen-bond donors (Lipinski definition) is 1. The van der Waals surface area contributed by atoms with E-state index in [9.17, 15) is 5.11 Å². The Hall–Kier alpha value is -4.38. The Morgan fingerprint density at radius 1 is 0.871 bits per heavy atom. The molecule has 0 spiro atoms. The van der Waals surface area contributed by atoms with Gasteiger partial charge in [-0.05, 0) is 42.4 Å². The van der Waals surface area contributed by atoms with Crippen LogP contribution in [0.4, 0.5) is 0 Å². The highest BCUT2D eigenvalue weighted by Gasteiger charge is 2.14. The molecule has 3 heterocycles. The van der Waals surface area contributed by atoms with Crippen molar-refractivity contribution in [2.24, 2.45) is 0 Å². The summed E-state index contributed by atoms with van der Waals surface area (Å²) < 4.78 is 32.2. The first kappa shape index (κ1) is 14.6. The average molecular weight is 406 g/mol. The normalized spacial score (nSPS) is 12.7. The first-order valence-electron chi connectivity index (χ1n) is 11.2. The zero-order valence-corrected chi connectivity index (χ0v) is 16.2. The number of rotatable bonds is 3. The number of fused-ring (bicyclic) bond motifs is 4. The fourth-order valence-electron chi connectivity index (χ4n) is 3.90. The van der Waals surface area contributed by atoms with Crippen LogP contribution in [0.25, 0.3) is 38.5 Å². The highest BCUT2D eigenvalue weighted by Crippen LogP contribution is 2.35. The molecule has 3 aromatic heterocycles. The van der Waals surface area contributed by atoms with Crippen molar-refractivity contribution in [3.63, 3.8) is 0 Å². The predicted octanol–water partition coefficient (Wildman–Crippen LogP) is 6.22. The molecule has 148 valence electrons. The molecule has 0 atom stereocenters. The summed E-state index contributed by atoms with van der Waals surface area (Å²) in [6, 6.07) is 21.8. The number of benzene rings is 3. The molecule has 0 unspecified atom stereocenters. The quantitative estimate of drug-likeness (QED) is 0.379. The lowest BCUT2D eigenvalue weighted by molar-refractivity contribution is 0.460. The lowest BCUT2D eigenvalue weighted by Gasteiger charge is -2.09. The van der Waals surface area contributed by atoms with Gasteiger partial charge in [-0.1, -0.05) is 36.4 Å². The predicted molar refractivity (Wildman–Crippen MR) is 122 cm³/mol.